The number of nitrogens with one attached hydrogen (secondary N) is 1. The van der Waals surface area contributed by atoms with E-state index >= 15 is 0 Å². The predicted octanol–water partition coefficient (Wildman–Crippen LogP) is 11.7. The van der Waals surface area contributed by atoms with E-state index in [0.29, 0.717) is 17.5 Å². The molecule has 0 fully saturated rings. The molecule has 0 atom stereocenters. The number of allylic oxidation sites excluding steroid dienone is 4. The Bertz CT molecular complexity index is 2250. The standard InChI is InChI=1S/C46H39N5/c1-4-15-35(16-5-2)42-30-41(47-3)31-43(48-42)39-27-38(34-25-23-33(24-26-34)32-17-9-6-10-18-32)28-40(29-39)46-50-44(36-19-11-7-12-20-36)49-45(51-46)37-21-13-8-14-22-37/h4,6-31H,5H2,1-3H3,(H,47,48)/b15-4-,35-16+. The molecule has 7 aromatic rings. The quantitative estimate of drug-likeness (QED) is 0.148. The van der Waals surface area contributed by atoms with Crippen molar-refractivity contribution in [3.63, 3.8) is 0 Å². The largest absolute Gasteiger partial charge is 0.388 e. The molecule has 2 heterocycles. The van der Waals surface area contributed by atoms with Gasteiger partial charge in [-0.05, 0) is 71.5 Å². The van der Waals surface area contributed by atoms with E-state index in [1.54, 1.807) is 0 Å². The van der Waals surface area contributed by atoms with Gasteiger partial charge in [-0.15, -0.1) is 0 Å². The Balaban J connectivity index is 1.44. The molecular formula is C46H39N5. The van der Waals surface area contributed by atoms with Crippen molar-refractivity contribution in [1.82, 2.24) is 19.9 Å². The van der Waals surface area contributed by atoms with E-state index in [0.717, 1.165) is 62.4 Å². The van der Waals surface area contributed by atoms with E-state index in [4.69, 9.17) is 19.9 Å². The third kappa shape index (κ3) is 7.58. The fraction of sp³-hybridized carbons (Fsp3) is 0.0870. The van der Waals surface area contributed by atoms with Crippen LogP contribution in [0.5, 0.6) is 0 Å². The number of pyridine rings is 1. The van der Waals surface area contributed by atoms with Crippen LogP contribution in [0.25, 0.3) is 73.2 Å². The molecular weight excluding hydrogens is 623 g/mol. The summed E-state index contributed by atoms with van der Waals surface area (Å²) in [4.78, 5) is 20.3. The van der Waals surface area contributed by atoms with Crippen LogP contribution < -0.4 is 5.32 Å². The number of hydrogen-bond acceptors (Lipinski definition) is 5. The van der Waals surface area contributed by atoms with E-state index in [-0.39, 0.29) is 0 Å². The lowest BCUT2D eigenvalue weighted by molar-refractivity contribution is 1.07. The summed E-state index contributed by atoms with van der Waals surface area (Å²) in [7, 11) is 1.94. The van der Waals surface area contributed by atoms with Gasteiger partial charge in [0, 0.05) is 35.0 Å². The van der Waals surface area contributed by atoms with Crippen LogP contribution >= 0.6 is 0 Å². The zero-order chi connectivity index (χ0) is 35.0. The van der Waals surface area contributed by atoms with Gasteiger partial charge < -0.3 is 5.32 Å². The lowest BCUT2D eigenvalue weighted by atomic mass is 9.95. The van der Waals surface area contributed by atoms with Crippen LogP contribution in [0.4, 0.5) is 5.69 Å². The maximum Gasteiger partial charge on any atom is 0.164 e. The van der Waals surface area contributed by atoms with Crippen molar-refractivity contribution in [2.24, 2.45) is 0 Å². The molecule has 0 saturated carbocycles. The van der Waals surface area contributed by atoms with Gasteiger partial charge in [0.15, 0.2) is 17.5 Å². The van der Waals surface area contributed by atoms with Crippen molar-refractivity contribution >= 4 is 11.3 Å². The summed E-state index contributed by atoms with van der Waals surface area (Å²) in [5.74, 6) is 1.84. The summed E-state index contributed by atoms with van der Waals surface area (Å²) in [6, 6.07) is 50.0. The highest BCUT2D eigenvalue weighted by atomic mass is 15.0. The van der Waals surface area contributed by atoms with Crippen molar-refractivity contribution in [1.29, 1.82) is 0 Å². The molecule has 1 N–H and O–H groups in total. The summed E-state index contributed by atoms with van der Waals surface area (Å²) in [5.41, 5.74) is 12.0. The molecule has 5 heteroatoms. The maximum absolute atomic E-state index is 5.23. The summed E-state index contributed by atoms with van der Waals surface area (Å²) < 4.78 is 0. The molecule has 0 unspecified atom stereocenters. The lowest BCUT2D eigenvalue weighted by Crippen LogP contribution is -2.01. The molecule has 0 amide bonds. The normalized spacial score (nSPS) is 11.5. The van der Waals surface area contributed by atoms with Gasteiger partial charge in [-0.1, -0.05) is 140 Å². The van der Waals surface area contributed by atoms with E-state index < -0.39 is 0 Å². The van der Waals surface area contributed by atoms with Gasteiger partial charge in [-0.3, -0.25) is 0 Å². The second-order valence-corrected chi connectivity index (χ2v) is 12.2. The average molecular weight is 662 g/mol. The monoisotopic (exact) mass is 661 g/mol. The average Bonchev–Trinajstić information content (AvgIpc) is 3.21. The number of hydrogen-bond donors (Lipinski definition) is 1. The number of anilines is 1. The molecule has 0 bridgehead atoms. The van der Waals surface area contributed by atoms with E-state index in [1.807, 2.05) is 80.7 Å². The Morgan fingerprint density at radius 2 is 0.980 bits per heavy atom. The Labute approximate surface area is 300 Å². The Hall–Kier alpha value is -6.46. The van der Waals surface area contributed by atoms with E-state index in [2.05, 4.69) is 109 Å². The minimum absolute atomic E-state index is 0.595. The topological polar surface area (TPSA) is 63.6 Å². The third-order valence-electron chi connectivity index (χ3n) is 8.69. The van der Waals surface area contributed by atoms with Crippen molar-refractivity contribution in [2.45, 2.75) is 20.3 Å². The van der Waals surface area contributed by atoms with Crippen molar-refractivity contribution in [3.8, 4) is 67.7 Å². The molecule has 248 valence electrons. The fourth-order valence-electron chi connectivity index (χ4n) is 6.12. The SMILES string of the molecule is C/C=C\C(=C/CC)c1cc(NC)cc(-c2cc(-c3ccc(-c4ccccc4)cc3)cc(-c3nc(-c4ccccc4)nc(-c4ccccc4)n3)c2)n1. The second-order valence-electron chi connectivity index (χ2n) is 12.2. The third-order valence-corrected chi connectivity index (χ3v) is 8.69. The zero-order valence-corrected chi connectivity index (χ0v) is 29.1. The van der Waals surface area contributed by atoms with E-state index in [1.165, 1.54) is 11.1 Å². The van der Waals surface area contributed by atoms with Gasteiger partial charge in [0.2, 0.25) is 0 Å². The first kappa shape index (κ1) is 33.1. The van der Waals surface area contributed by atoms with Crippen LogP contribution in [0.15, 0.2) is 164 Å². The Morgan fingerprint density at radius 1 is 0.510 bits per heavy atom. The summed E-state index contributed by atoms with van der Waals surface area (Å²) >= 11 is 0. The fourth-order valence-corrected chi connectivity index (χ4v) is 6.12. The predicted molar refractivity (Wildman–Crippen MR) is 213 cm³/mol. The van der Waals surface area contributed by atoms with Crippen molar-refractivity contribution < 1.29 is 0 Å². The number of rotatable bonds is 10. The molecule has 5 aromatic carbocycles. The minimum atomic E-state index is 0.595. The van der Waals surface area contributed by atoms with Gasteiger partial charge in [-0.25, -0.2) is 19.9 Å². The molecule has 0 aliphatic heterocycles. The molecule has 0 aliphatic rings. The summed E-state index contributed by atoms with van der Waals surface area (Å²) in [6.07, 6.45) is 7.29. The summed E-state index contributed by atoms with van der Waals surface area (Å²) in [5, 5.41) is 3.36. The molecule has 0 saturated heterocycles. The van der Waals surface area contributed by atoms with Gasteiger partial charge in [0.05, 0.1) is 11.4 Å². The zero-order valence-electron chi connectivity index (χ0n) is 29.1. The van der Waals surface area contributed by atoms with Crippen LogP contribution in [0.1, 0.15) is 26.0 Å². The highest BCUT2D eigenvalue weighted by Crippen LogP contribution is 2.35. The smallest absolute Gasteiger partial charge is 0.164 e. The Morgan fingerprint density at radius 3 is 1.51 bits per heavy atom. The van der Waals surface area contributed by atoms with Gasteiger partial charge in [-0.2, -0.15) is 0 Å². The van der Waals surface area contributed by atoms with Gasteiger partial charge in [0.1, 0.15) is 0 Å². The van der Waals surface area contributed by atoms with Crippen LogP contribution in [-0.4, -0.2) is 27.0 Å². The summed E-state index contributed by atoms with van der Waals surface area (Å²) in [6.45, 7) is 4.18. The first-order chi connectivity index (χ1) is 25.1. The second kappa shape index (κ2) is 15.4. The number of benzene rings is 5. The maximum atomic E-state index is 5.23. The van der Waals surface area contributed by atoms with Gasteiger partial charge in [0.25, 0.3) is 0 Å². The highest BCUT2D eigenvalue weighted by Gasteiger charge is 2.16. The van der Waals surface area contributed by atoms with Crippen LogP contribution in [0, 0.1) is 0 Å². The molecule has 2 aromatic heterocycles. The molecule has 51 heavy (non-hydrogen) atoms. The first-order valence-corrected chi connectivity index (χ1v) is 17.3. The molecule has 5 nitrogen and oxygen atoms in total. The molecule has 0 aliphatic carbocycles. The molecule has 0 spiro atoms. The highest BCUT2D eigenvalue weighted by molar-refractivity contribution is 5.83. The van der Waals surface area contributed by atoms with Crippen LogP contribution in [0.3, 0.4) is 0 Å². The van der Waals surface area contributed by atoms with Crippen LogP contribution in [-0.2, 0) is 0 Å². The lowest BCUT2D eigenvalue weighted by Gasteiger charge is -2.14. The van der Waals surface area contributed by atoms with Crippen molar-refractivity contribution in [2.75, 3.05) is 12.4 Å². The van der Waals surface area contributed by atoms with Gasteiger partial charge >= 0.3 is 0 Å². The number of aromatic nitrogens is 4. The van der Waals surface area contributed by atoms with E-state index in [9.17, 15) is 0 Å². The Kier molecular flexibility index (Phi) is 9.98. The van der Waals surface area contributed by atoms with Crippen molar-refractivity contribution in [3.05, 3.63) is 170 Å². The number of nitrogens with zero attached hydrogens (tertiary/aromatic N) is 4. The minimum Gasteiger partial charge on any atom is -0.388 e. The molecule has 0 radical (unpaired) electrons. The first-order valence-electron chi connectivity index (χ1n) is 17.3. The van der Waals surface area contributed by atoms with Crippen LogP contribution in [0.2, 0.25) is 0 Å². The molecule has 7 rings (SSSR count).